The van der Waals surface area contributed by atoms with Crippen molar-refractivity contribution in [3.8, 4) is 0 Å². The number of carbonyl (C=O) groups is 2. The molecule has 0 spiro atoms. The van der Waals surface area contributed by atoms with Gasteiger partial charge in [0.15, 0.2) is 12.4 Å². The van der Waals surface area contributed by atoms with Crippen molar-refractivity contribution in [3.63, 3.8) is 0 Å². The Balaban J connectivity index is 1.84. The molecule has 1 N–H and O–H groups in total. The summed E-state index contributed by atoms with van der Waals surface area (Å²) >= 11 is 0. The van der Waals surface area contributed by atoms with Gasteiger partial charge in [-0.3, -0.25) is 9.59 Å². The van der Waals surface area contributed by atoms with Crippen LogP contribution in [-0.4, -0.2) is 33.3 Å². The molecule has 0 amide bonds. The van der Waals surface area contributed by atoms with Gasteiger partial charge in [0.2, 0.25) is 10.0 Å². The number of Topliss-reactive ketones (excluding diaryl/α,β-unsaturated/α-hetero) is 1. The molecule has 11 heteroatoms. The number of halogens is 4. The zero-order valence-corrected chi connectivity index (χ0v) is 15.5. The lowest BCUT2D eigenvalue weighted by Gasteiger charge is -2.10. The molecule has 0 aliphatic heterocycles. The number of rotatable bonds is 8. The molecule has 156 valence electrons. The molecule has 0 heterocycles. The maximum atomic E-state index is 12.8. The Morgan fingerprint density at radius 2 is 1.69 bits per heavy atom. The van der Waals surface area contributed by atoms with Gasteiger partial charge >= 0.3 is 12.1 Å². The van der Waals surface area contributed by atoms with Crippen LogP contribution in [0.4, 0.5) is 17.6 Å². The smallest absolute Gasteiger partial charge is 0.416 e. The van der Waals surface area contributed by atoms with Gasteiger partial charge in [-0.1, -0.05) is 6.07 Å². The molecule has 0 saturated heterocycles. The fraction of sp³-hybridized carbons (Fsp3) is 0.222. The molecule has 0 fully saturated rings. The van der Waals surface area contributed by atoms with Gasteiger partial charge in [-0.25, -0.2) is 17.5 Å². The first-order chi connectivity index (χ1) is 13.5. The third kappa shape index (κ3) is 6.64. The number of hydrogen-bond acceptors (Lipinski definition) is 5. The van der Waals surface area contributed by atoms with Gasteiger partial charge in [0.1, 0.15) is 5.82 Å². The first-order valence-electron chi connectivity index (χ1n) is 8.10. The predicted octanol–water partition coefficient (Wildman–Crippen LogP) is 2.94. The summed E-state index contributed by atoms with van der Waals surface area (Å²) in [6, 6.07) is 7.71. The Kier molecular flexibility index (Phi) is 7.09. The molecule has 0 radical (unpaired) electrons. The van der Waals surface area contributed by atoms with Crippen LogP contribution < -0.4 is 4.72 Å². The number of ether oxygens (including phenoxy) is 1. The van der Waals surface area contributed by atoms with Crippen molar-refractivity contribution in [3.05, 3.63) is 65.5 Å². The lowest BCUT2D eigenvalue weighted by atomic mass is 10.1. The Labute approximate surface area is 163 Å². The molecular weight excluding hydrogens is 418 g/mol. The molecule has 6 nitrogen and oxygen atoms in total. The van der Waals surface area contributed by atoms with Gasteiger partial charge in [0, 0.05) is 12.1 Å². The first kappa shape index (κ1) is 22.5. The van der Waals surface area contributed by atoms with Gasteiger partial charge in [-0.15, -0.1) is 0 Å². The second kappa shape index (κ2) is 9.14. The minimum atomic E-state index is -4.70. The second-order valence-corrected chi connectivity index (χ2v) is 7.53. The highest BCUT2D eigenvalue weighted by atomic mass is 32.2. The van der Waals surface area contributed by atoms with Crippen LogP contribution in [0.3, 0.4) is 0 Å². The quantitative estimate of drug-likeness (QED) is 0.393. The van der Waals surface area contributed by atoms with Crippen LogP contribution in [-0.2, 0) is 25.7 Å². The number of ketones is 1. The molecular formula is C18H15F4NO5S. The van der Waals surface area contributed by atoms with Crippen LogP contribution in [0.15, 0.2) is 53.4 Å². The summed E-state index contributed by atoms with van der Waals surface area (Å²) in [7, 11) is -4.28. The monoisotopic (exact) mass is 433 g/mol. The SMILES string of the molecule is O=C(CCNS(=O)(=O)c1cccc(C(F)(F)F)c1)OCC(=O)c1ccc(F)cc1. The summed E-state index contributed by atoms with van der Waals surface area (Å²) in [6.45, 7) is -1.06. The molecule has 0 aromatic heterocycles. The van der Waals surface area contributed by atoms with E-state index in [4.69, 9.17) is 4.74 Å². The van der Waals surface area contributed by atoms with E-state index in [2.05, 4.69) is 0 Å². The highest BCUT2D eigenvalue weighted by Gasteiger charge is 2.31. The molecule has 0 saturated carbocycles. The largest absolute Gasteiger partial charge is 0.457 e. The van der Waals surface area contributed by atoms with Crippen molar-refractivity contribution in [2.45, 2.75) is 17.5 Å². The standard InChI is InChI=1S/C18H15F4NO5S/c19-14-6-4-12(5-7-14)16(24)11-28-17(25)8-9-23-29(26,27)15-3-1-2-13(10-15)18(20,21)22/h1-7,10,23H,8-9,11H2. The Morgan fingerprint density at radius 1 is 1.03 bits per heavy atom. The van der Waals surface area contributed by atoms with Crippen LogP contribution in [0, 0.1) is 5.82 Å². The van der Waals surface area contributed by atoms with E-state index in [1.807, 2.05) is 4.72 Å². The second-order valence-electron chi connectivity index (χ2n) is 5.76. The van der Waals surface area contributed by atoms with Crippen molar-refractivity contribution in [2.75, 3.05) is 13.2 Å². The number of carbonyl (C=O) groups excluding carboxylic acids is 2. The highest BCUT2D eigenvalue weighted by molar-refractivity contribution is 7.89. The molecule has 29 heavy (non-hydrogen) atoms. The maximum absolute atomic E-state index is 12.8. The van der Waals surface area contributed by atoms with Gasteiger partial charge in [0.05, 0.1) is 16.9 Å². The fourth-order valence-corrected chi connectivity index (χ4v) is 3.22. The summed E-state index contributed by atoms with van der Waals surface area (Å²) in [5.41, 5.74) is -0.997. The number of hydrogen-bond donors (Lipinski definition) is 1. The van der Waals surface area contributed by atoms with Gasteiger partial charge in [-0.2, -0.15) is 13.2 Å². The van der Waals surface area contributed by atoms with Gasteiger partial charge in [0.25, 0.3) is 0 Å². The molecule has 0 unspecified atom stereocenters. The van der Waals surface area contributed by atoms with Crippen molar-refractivity contribution in [1.82, 2.24) is 4.72 Å². The van der Waals surface area contributed by atoms with Crippen molar-refractivity contribution in [1.29, 1.82) is 0 Å². The van der Waals surface area contributed by atoms with E-state index >= 15 is 0 Å². The average molecular weight is 433 g/mol. The molecule has 0 aliphatic rings. The van der Waals surface area contributed by atoms with Crippen LogP contribution >= 0.6 is 0 Å². The zero-order valence-electron chi connectivity index (χ0n) is 14.7. The van der Waals surface area contributed by atoms with E-state index in [1.54, 1.807) is 0 Å². The molecule has 0 atom stereocenters. The highest BCUT2D eigenvalue weighted by Crippen LogP contribution is 2.30. The van der Waals surface area contributed by atoms with Gasteiger partial charge in [-0.05, 0) is 42.5 Å². The van der Waals surface area contributed by atoms with E-state index in [0.29, 0.717) is 6.07 Å². The Hall–Kier alpha value is -2.79. The van der Waals surface area contributed by atoms with E-state index < -0.39 is 63.8 Å². The maximum Gasteiger partial charge on any atom is 0.416 e. The topological polar surface area (TPSA) is 89.5 Å². The van der Waals surface area contributed by atoms with Crippen LogP contribution in [0.5, 0.6) is 0 Å². The normalized spacial score (nSPS) is 11.9. The molecule has 2 aromatic rings. The third-order valence-corrected chi connectivity index (χ3v) is 5.08. The number of sulfonamides is 1. The van der Waals surface area contributed by atoms with E-state index in [9.17, 15) is 35.6 Å². The lowest BCUT2D eigenvalue weighted by molar-refractivity contribution is -0.142. The van der Waals surface area contributed by atoms with Crippen molar-refractivity contribution >= 4 is 21.8 Å². The summed E-state index contributed by atoms with van der Waals surface area (Å²) in [4.78, 5) is 22.8. The summed E-state index contributed by atoms with van der Waals surface area (Å²) in [5, 5.41) is 0. The fourth-order valence-electron chi connectivity index (χ4n) is 2.15. The zero-order chi connectivity index (χ0) is 21.7. The molecule has 2 rings (SSSR count). The van der Waals surface area contributed by atoms with Gasteiger partial charge < -0.3 is 4.74 Å². The minimum absolute atomic E-state index is 0.129. The molecule has 2 aromatic carbocycles. The Morgan fingerprint density at radius 3 is 2.31 bits per heavy atom. The Bertz CT molecular complexity index is 988. The lowest BCUT2D eigenvalue weighted by Crippen LogP contribution is -2.27. The van der Waals surface area contributed by atoms with E-state index in [1.165, 1.54) is 12.1 Å². The van der Waals surface area contributed by atoms with E-state index in [-0.39, 0.29) is 5.56 Å². The summed E-state index contributed by atoms with van der Waals surface area (Å²) < 4.78 is 81.7. The van der Waals surface area contributed by atoms with Crippen LogP contribution in [0.1, 0.15) is 22.3 Å². The van der Waals surface area contributed by atoms with Crippen LogP contribution in [0.2, 0.25) is 0 Å². The minimum Gasteiger partial charge on any atom is -0.457 e. The molecule has 0 aliphatic carbocycles. The summed E-state index contributed by atoms with van der Waals surface area (Å²) in [6.07, 6.45) is -5.15. The van der Waals surface area contributed by atoms with Crippen molar-refractivity contribution < 1.29 is 40.3 Å². The number of esters is 1. The van der Waals surface area contributed by atoms with E-state index in [0.717, 1.165) is 30.3 Å². The first-order valence-corrected chi connectivity index (χ1v) is 9.59. The van der Waals surface area contributed by atoms with Crippen molar-refractivity contribution in [2.24, 2.45) is 0 Å². The third-order valence-electron chi connectivity index (χ3n) is 3.62. The molecule has 0 bridgehead atoms. The predicted molar refractivity (Wildman–Crippen MR) is 92.9 cm³/mol. The number of alkyl halides is 3. The van der Waals surface area contributed by atoms with Crippen LogP contribution in [0.25, 0.3) is 0 Å². The summed E-state index contributed by atoms with van der Waals surface area (Å²) in [5.74, 6) is -2.01. The number of benzene rings is 2. The average Bonchev–Trinajstić information content (AvgIpc) is 2.66. The number of nitrogens with one attached hydrogen (secondary N) is 1.